The number of halogens is 1. The molecule has 0 aromatic heterocycles. The van der Waals surface area contributed by atoms with Crippen molar-refractivity contribution in [3.8, 4) is 0 Å². The highest BCUT2D eigenvalue weighted by molar-refractivity contribution is 6.19. The molecule has 0 spiro atoms. The third-order valence-corrected chi connectivity index (χ3v) is 1.40. The Balaban J connectivity index is 0.000001000. The molecule has 0 fully saturated rings. The van der Waals surface area contributed by atoms with Crippen molar-refractivity contribution in [1.82, 2.24) is 0 Å². The second-order valence-corrected chi connectivity index (χ2v) is 2.63. The zero-order chi connectivity index (χ0) is 7.40. The topological polar surface area (TPSA) is 51.7 Å². The van der Waals surface area contributed by atoms with E-state index in [1.165, 1.54) is 0 Å². The quantitative estimate of drug-likeness (QED) is 0.668. The largest absolute Gasteiger partial charge is 0.412 e. The molecule has 1 aromatic rings. The summed E-state index contributed by atoms with van der Waals surface area (Å²) in [5, 5.41) is 8.77. The van der Waals surface area contributed by atoms with Gasteiger partial charge in [0.25, 0.3) is 0 Å². The third kappa shape index (κ3) is 3.98. The Bertz CT molecular complexity index is 187. The van der Waals surface area contributed by atoms with E-state index >= 15 is 0 Å². The smallest absolute Gasteiger partial charge is 0.132 e. The highest BCUT2D eigenvalue weighted by Gasteiger charge is 1.97. The molecule has 62 valence electrons. The van der Waals surface area contributed by atoms with Gasteiger partial charge in [0.1, 0.15) is 5.56 Å². The fraction of sp³-hybridized carbons (Fsp3) is 0.250. The zero-order valence-electron chi connectivity index (χ0n) is 6.00. The normalized spacial score (nSPS) is 11.8. The molecule has 2 nitrogen and oxygen atoms in total. The van der Waals surface area contributed by atoms with E-state index < -0.39 is 5.56 Å². The lowest BCUT2D eigenvalue weighted by Gasteiger charge is -2.00. The minimum absolute atomic E-state index is 0. The Hall–Kier alpha value is -0.570. The summed E-state index contributed by atoms with van der Waals surface area (Å²) in [6.07, 6.45) is 0.516. The highest BCUT2D eigenvalue weighted by Crippen LogP contribution is 2.04. The standard InChI is InChI=1S/C8H9ClO.H2O/c9-8(10)6-7-4-2-1-3-5-7;/h1-5,8,10H,6H2;1H2. The van der Waals surface area contributed by atoms with Crippen LogP contribution >= 0.6 is 11.6 Å². The van der Waals surface area contributed by atoms with Crippen LogP contribution in [0, 0.1) is 0 Å². The van der Waals surface area contributed by atoms with Crippen LogP contribution in [0.2, 0.25) is 0 Å². The molecule has 1 atom stereocenters. The van der Waals surface area contributed by atoms with Crippen molar-refractivity contribution < 1.29 is 10.6 Å². The van der Waals surface area contributed by atoms with Gasteiger partial charge in [-0.1, -0.05) is 41.9 Å². The predicted molar refractivity (Wildman–Crippen MR) is 45.6 cm³/mol. The van der Waals surface area contributed by atoms with E-state index in [2.05, 4.69) is 0 Å². The lowest BCUT2D eigenvalue weighted by Crippen LogP contribution is -1.99. The fourth-order valence-corrected chi connectivity index (χ4v) is 0.987. The maximum Gasteiger partial charge on any atom is 0.132 e. The summed E-state index contributed by atoms with van der Waals surface area (Å²) < 4.78 is 0. The molecule has 0 aliphatic rings. The van der Waals surface area contributed by atoms with Gasteiger partial charge in [0, 0.05) is 6.42 Å². The molecule has 11 heavy (non-hydrogen) atoms. The molecule has 0 radical (unpaired) electrons. The average molecular weight is 175 g/mol. The van der Waals surface area contributed by atoms with Gasteiger partial charge in [-0.25, -0.2) is 0 Å². The summed E-state index contributed by atoms with van der Waals surface area (Å²) >= 11 is 5.37. The molecule has 0 amide bonds. The first-order chi connectivity index (χ1) is 4.79. The number of hydrogen-bond acceptors (Lipinski definition) is 1. The van der Waals surface area contributed by atoms with Gasteiger partial charge in [-0.15, -0.1) is 0 Å². The van der Waals surface area contributed by atoms with E-state index in [1.54, 1.807) is 0 Å². The molecule has 0 saturated heterocycles. The highest BCUT2D eigenvalue weighted by atomic mass is 35.5. The number of benzene rings is 1. The number of hydrogen-bond donors (Lipinski definition) is 1. The van der Waals surface area contributed by atoms with Gasteiger partial charge in [-0.3, -0.25) is 0 Å². The average Bonchev–Trinajstić information content (AvgIpc) is 1.88. The Morgan fingerprint density at radius 3 is 2.27 bits per heavy atom. The number of alkyl halides is 1. The van der Waals surface area contributed by atoms with E-state index in [0.29, 0.717) is 6.42 Å². The number of rotatable bonds is 2. The molecule has 1 aromatic carbocycles. The van der Waals surface area contributed by atoms with Crippen molar-refractivity contribution in [2.24, 2.45) is 0 Å². The van der Waals surface area contributed by atoms with Crippen LogP contribution in [-0.4, -0.2) is 16.1 Å². The summed E-state index contributed by atoms with van der Waals surface area (Å²) in [4.78, 5) is 0. The zero-order valence-corrected chi connectivity index (χ0v) is 6.75. The molecule has 0 aliphatic carbocycles. The summed E-state index contributed by atoms with van der Waals surface area (Å²) in [7, 11) is 0. The molecule has 1 unspecified atom stereocenters. The van der Waals surface area contributed by atoms with Gasteiger partial charge in [-0.2, -0.15) is 0 Å². The van der Waals surface area contributed by atoms with E-state index in [-0.39, 0.29) is 5.48 Å². The lowest BCUT2D eigenvalue weighted by atomic mass is 10.2. The third-order valence-electron chi connectivity index (χ3n) is 1.25. The van der Waals surface area contributed by atoms with Crippen molar-refractivity contribution in [3.63, 3.8) is 0 Å². The molecule has 3 N–H and O–H groups in total. The van der Waals surface area contributed by atoms with Crippen molar-refractivity contribution in [2.75, 3.05) is 0 Å². The Morgan fingerprint density at radius 2 is 1.82 bits per heavy atom. The second-order valence-electron chi connectivity index (χ2n) is 2.12. The van der Waals surface area contributed by atoms with E-state index in [0.717, 1.165) is 5.56 Å². The maximum absolute atomic E-state index is 8.77. The first kappa shape index (κ1) is 10.4. The first-order valence-corrected chi connectivity index (χ1v) is 3.59. The van der Waals surface area contributed by atoms with Crippen LogP contribution in [0.5, 0.6) is 0 Å². The fourth-order valence-electron chi connectivity index (χ4n) is 0.809. The van der Waals surface area contributed by atoms with Crippen molar-refractivity contribution in [2.45, 2.75) is 12.0 Å². The summed E-state index contributed by atoms with van der Waals surface area (Å²) in [6, 6.07) is 9.66. The van der Waals surface area contributed by atoms with Crippen LogP contribution in [0.15, 0.2) is 30.3 Å². The van der Waals surface area contributed by atoms with E-state index in [9.17, 15) is 0 Å². The first-order valence-electron chi connectivity index (χ1n) is 3.15. The lowest BCUT2D eigenvalue weighted by molar-refractivity contribution is 0.257. The van der Waals surface area contributed by atoms with Crippen molar-refractivity contribution >= 4 is 11.6 Å². The van der Waals surface area contributed by atoms with Crippen LogP contribution in [0.1, 0.15) is 5.56 Å². The maximum atomic E-state index is 8.77. The summed E-state index contributed by atoms with van der Waals surface area (Å²) in [5.74, 6) is 0. The molecular weight excluding hydrogens is 164 g/mol. The minimum atomic E-state index is -0.762. The van der Waals surface area contributed by atoms with Crippen LogP contribution in [0.4, 0.5) is 0 Å². The molecule has 0 heterocycles. The molecule has 3 heteroatoms. The Labute approximate surface area is 70.7 Å². The van der Waals surface area contributed by atoms with Crippen molar-refractivity contribution in [3.05, 3.63) is 35.9 Å². The van der Waals surface area contributed by atoms with Crippen molar-refractivity contribution in [1.29, 1.82) is 0 Å². The van der Waals surface area contributed by atoms with Crippen LogP contribution in [0.25, 0.3) is 0 Å². The second kappa shape index (κ2) is 5.13. The van der Waals surface area contributed by atoms with Crippen LogP contribution in [-0.2, 0) is 6.42 Å². The van der Waals surface area contributed by atoms with Crippen LogP contribution < -0.4 is 0 Å². The number of aliphatic hydroxyl groups is 1. The Kier molecular flexibility index (Phi) is 4.86. The summed E-state index contributed by atoms with van der Waals surface area (Å²) in [5.41, 5.74) is 0.299. The Morgan fingerprint density at radius 1 is 1.27 bits per heavy atom. The molecule has 0 aliphatic heterocycles. The summed E-state index contributed by atoms with van der Waals surface area (Å²) in [6.45, 7) is 0. The molecule has 1 rings (SSSR count). The minimum Gasteiger partial charge on any atom is -0.412 e. The van der Waals surface area contributed by atoms with E-state index in [4.69, 9.17) is 16.7 Å². The van der Waals surface area contributed by atoms with Gasteiger partial charge < -0.3 is 10.6 Å². The van der Waals surface area contributed by atoms with Gasteiger partial charge >= 0.3 is 0 Å². The van der Waals surface area contributed by atoms with Gasteiger partial charge in [0.05, 0.1) is 0 Å². The number of aliphatic hydroxyl groups excluding tert-OH is 1. The molecular formula is C8H11ClO2. The van der Waals surface area contributed by atoms with Gasteiger partial charge in [0.15, 0.2) is 0 Å². The predicted octanol–water partition coefficient (Wildman–Crippen LogP) is 0.962. The monoisotopic (exact) mass is 174 g/mol. The molecule has 0 saturated carbocycles. The van der Waals surface area contributed by atoms with E-state index in [1.807, 2.05) is 30.3 Å². The SMILES string of the molecule is O.OC(Cl)Cc1ccccc1. The van der Waals surface area contributed by atoms with Crippen LogP contribution in [0.3, 0.4) is 0 Å². The molecule has 0 bridgehead atoms. The van der Waals surface area contributed by atoms with Gasteiger partial charge in [0.2, 0.25) is 0 Å². The van der Waals surface area contributed by atoms with Gasteiger partial charge in [-0.05, 0) is 5.56 Å².